The molecule has 21 heavy (non-hydrogen) atoms. The predicted octanol–water partition coefficient (Wildman–Crippen LogP) is 2.60. The van der Waals surface area contributed by atoms with Crippen LogP contribution in [0.3, 0.4) is 0 Å². The van der Waals surface area contributed by atoms with E-state index in [1.54, 1.807) is 12.1 Å². The Kier molecular flexibility index (Phi) is 8.60. The zero-order chi connectivity index (χ0) is 13.8. The highest BCUT2D eigenvalue weighted by Crippen LogP contribution is 2.34. The Morgan fingerprint density at radius 2 is 2.00 bits per heavy atom. The molecule has 0 aromatic heterocycles. The molecule has 1 heterocycles. The van der Waals surface area contributed by atoms with Gasteiger partial charge in [0.25, 0.3) is 0 Å². The Hall–Kier alpha value is -1.06. The first-order valence-electron chi connectivity index (χ1n) is 6.55. The lowest BCUT2D eigenvalue weighted by molar-refractivity contribution is 0.166. The van der Waals surface area contributed by atoms with Crippen LogP contribution in [0.15, 0.2) is 12.1 Å². The fourth-order valence-corrected chi connectivity index (χ4v) is 2.63. The normalized spacial score (nSPS) is 16.2. The van der Waals surface area contributed by atoms with E-state index in [2.05, 4.69) is 10.2 Å². The van der Waals surface area contributed by atoms with Gasteiger partial charge in [0.1, 0.15) is 23.2 Å². The quantitative estimate of drug-likeness (QED) is 0.891. The maximum absolute atomic E-state index is 13.4. The number of nitrogens with zero attached hydrogens (tertiary/aromatic N) is 2. The van der Waals surface area contributed by atoms with Crippen LogP contribution in [0.25, 0.3) is 0 Å². The van der Waals surface area contributed by atoms with Crippen molar-refractivity contribution in [3.63, 3.8) is 0 Å². The van der Waals surface area contributed by atoms with E-state index in [0.29, 0.717) is 5.56 Å². The van der Waals surface area contributed by atoms with Crippen LogP contribution in [0.4, 0.5) is 4.39 Å². The predicted molar refractivity (Wildman–Crippen MR) is 84.8 cm³/mol. The van der Waals surface area contributed by atoms with E-state index in [1.807, 2.05) is 6.92 Å². The van der Waals surface area contributed by atoms with Gasteiger partial charge in [-0.2, -0.15) is 5.26 Å². The molecule has 1 aliphatic heterocycles. The average molecular weight is 336 g/mol. The number of phenols is 1. The molecule has 0 amide bonds. The molecule has 1 aliphatic rings. The lowest BCUT2D eigenvalue weighted by Crippen LogP contribution is -2.45. The number of hydrogen-bond acceptors (Lipinski definition) is 4. The van der Waals surface area contributed by atoms with Gasteiger partial charge in [0.2, 0.25) is 0 Å². The first-order valence-corrected chi connectivity index (χ1v) is 6.55. The van der Waals surface area contributed by atoms with Crippen LogP contribution in [-0.2, 0) is 0 Å². The van der Waals surface area contributed by atoms with Gasteiger partial charge in [-0.15, -0.1) is 24.8 Å². The molecule has 2 N–H and O–H groups in total. The summed E-state index contributed by atoms with van der Waals surface area (Å²) in [6.07, 6.45) is 0.810. The third kappa shape index (κ3) is 4.21. The van der Waals surface area contributed by atoms with E-state index in [-0.39, 0.29) is 42.2 Å². The van der Waals surface area contributed by atoms with Crippen LogP contribution in [0.2, 0.25) is 0 Å². The topological polar surface area (TPSA) is 59.3 Å². The molecule has 4 nitrogen and oxygen atoms in total. The third-order valence-electron chi connectivity index (χ3n) is 3.61. The van der Waals surface area contributed by atoms with Gasteiger partial charge in [0.15, 0.2) is 0 Å². The summed E-state index contributed by atoms with van der Waals surface area (Å²) in [7, 11) is 0. The summed E-state index contributed by atoms with van der Waals surface area (Å²) in [6.45, 7) is 5.61. The summed E-state index contributed by atoms with van der Waals surface area (Å²) >= 11 is 0. The van der Waals surface area contributed by atoms with Crippen molar-refractivity contribution in [3.05, 3.63) is 29.1 Å². The van der Waals surface area contributed by atoms with Crippen molar-refractivity contribution in [1.82, 2.24) is 10.2 Å². The van der Waals surface area contributed by atoms with Crippen LogP contribution >= 0.6 is 24.8 Å². The zero-order valence-corrected chi connectivity index (χ0v) is 13.4. The van der Waals surface area contributed by atoms with Crippen molar-refractivity contribution >= 4 is 24.8 Å². The SMILES string of the molecule is CC[C@H](c1ccc(F)c(C#N)c1O)N1CCNCC1.Cl.Cl. The van der Waals surface area contributed by atoms with Gasteiger partial charge in [-0.25, -0.2) is 4.39 Å². The molecule has 0 unspecified atom stereocenters. The third-order valence-corrected chi connectivity index (χ3v) is 3.61. The van der Waals surface area contributed by atoms with Gasteiger partial charge >= 0.3 is 0 Å². The Labute approximate surface area is 136 Å². The zero-order valence-electron chi connectivity index (χ0n) is 11.8. The number of aromatic hydroxyl groups is 1. The molecule has 1 saturated heterocycles. The maximum atomic E-state index is 13.4. The van der Waals surface area contributed by atoms with Gasteiger partial charge in [-0.05, 0) is 12.5 Å². The first kappa shape index (κ1) is 19.9. The van der Waals surface area contributed by atoms with Crippen molar-refractivity contribution in [1.29, 1.82) is 5.26 Å². The lowest BCUT2D eigenvalue weighted by atomic mass is 9.98. The van der Waals surface area contributed by atoms with Crippen LogP contribution in [-0.4, -0.2) is 36.2 Å². The molecule has 1 aromatic rings. The smallest absolute Gasteiger partial charge is 0.144 e. The number of nitrogens with one attached hydrogen (secondary N) is 1. The molecule has 0 aliphatic carbocycles. The molecular formula is C14H20Cl2FN3O. The fourth-order valence-electron chi connectivity index (χ4n) is 2.63. The standard InChI is InChI=1S/C14H18FN3O.2ClH/c1-2-13(18-7-5-17-6-8-18)10-3-4-12(15)11(9-16)14(10)19;;/h3-4,13,17,19H,2,5-8H2,1H3;2*1H/t13-;;/m1../s1. The number of rotatable bonds is 3. The Morgan fingerprint density at radius 1 is 1.38 bits per heavy atom. The molecule has 0 spiro atoms. The summed E-state index contributed by atoms with van der Waals surface area (Å²) in [4.78, 5) is 2.25. The molecule has 0 radical (unpaired) electrons. The number of halogens is 3. The second-order valence-corrected chi connectivity index (χ2v) is 4.68. The van der Waals surface area contributed by atoms with E-state index in [1.165, 1.54) is 6.07 Å². The number of benzene rings is 1. The van der Waals surface area contributed by atoms with Crippen molar-refractivity contribution in [2.24, 2.45) is 0 Å². The van der Waals surface area contributed by atoms with E-state index in [9.17, 15) is 9.50 Å². The van der Waals surface area contributed by atoms with E-state index >= 15 is 0 Å². The van der Waals surface area contributed by atoms with E-state index in [0.717, 1.165) is 32.6 Å². The van der Waals surface area contributed by atoms with Crippen LogP contribution < -0.4 is 5.32 Å². The summed E-state index contributed by atoms with van der Waals surface area (Å²) in [5.74, 6) is -0.883. The van der Waals surface area contributed by atoms with Gasteiger partial charge in [0.05, 0.1) is 0 Å². The van der Waals surface area contributed by atoms with E-state index in [4.69, 9.17) is 5.26 Å². The van der Waals surface area contributed by atoms with Crippen molar-refractivity contribution in [2.45, 2.75) is 19.4 Å². The molecule has 2 rings (SSSR count). The Balaban J connectivity index is 0.00000200. The second-order valence-electron chi connectivity index (χ2n) is 4.68. The van der Waals surface area contributed by atoms with E-state index < -0.39 is 5.82 Å². The van der Waals surface area contributed by atoms with Crippen LogP contribution in [0.1, 0.15) is 30.5 Å². The molecule has 7 heteroatoms. The minimum atomic E-state index is -0.668. The highest BCUT2D eigenvalue weighted by Gasteiger charge is 2.25. The molecule has 1 atom stereocenters. The molecule has 0 bridgehead atoms. The summed E-state index contributed by atoms with van der Waals surface area (Å²) < 4.78 is 13.4. The number of hydrogen-bond donors (Lipinski definition) is 2. The van der Waals surface area contributed by atoms with Gasteiger partial charge in [-0.3, -0.25) is 4.90 Å². The largest absolute Gasteiger partial charge is 0.506 e. The van der Waals surface area contributed by atoms with Gasteiger partial charge in [-0.1, -0.05) is 13.0 Å². The molecular weight excluding hydrogens is 316 g/mol. The first-order chi connectivity index (χ1) is 9.19. The lowest BCUT2D eigenvalue weighted by Gasteiger charge is -2.35. The molecule has 1 fully saturated rings. The van der Waals surface area contributed by atoms with Gasteiger partial charge in [0, 0.05) is 37.8 Å². The Morgan fingerprint density at radius 3 is 2.52 bits per heavy atom. The molecule has 1 aromatic carbocycles. The Bertz CT molecular complexity index is 502. The van der Waals surface area contributed by atoms with Crippen molar-refractivity contribution in [2.75, 3.05) is 26.2 Å². The van der Waals surface area contributed by atoms with Crippen molar-refractivity contribution in [3.8, 4) is 11.8 Å². The maximum Gasteiger partial charge on any atom is 0.144 e. The highest BCUT2D eigenvalue weighted by molar-refractivity contribution is 5.85. The molecule has 118 valence electrons. The minimum absolute atomic E-state index is 0. The van der Waals surface area contributed by atoms with Gasteiger partial charge < -0.3 is 10.4 Å². The molecule has 0 saturated carbocycles. The summed E-state index contributed by atoms with van der Waals surface area (Å²) in [5.41, 5.74) is 0.383. The second kappa shape index (κ2) is 9.06. The van der Waals surface area contributed by atoms with Crippen molar-refractivity contribution < 1.29 is 9.50 Å². The number of piperazine rings is 1. The van der Waals surface area contributed by atoms with Crippen LogP contribution in [0.5, 0.6) is 5.75 Å². The minimum Gasteiger partial charge on any atom is -0.506 e. The average Bonchev–Trinajstić information content (AvgIpc) is 2.44. The monoisotopic (exact) mass is 335 g/mol. The summed E-state index contributed by atoms with van der Waals surface area (Å²) in [6, 6.07) is 4.60. The highest BCUT2D eigenvalue weighted by atomic mass is 35.5. The number of nitriles is 1. The fraction of sp³-hybridized carbons (Fsp3) is 0.500. The summed E-state index contributed by atoms with van der Waals surface area (Å²) in [5, 5.41) is 22.3. The number of phenolic OH excluding ortho intramolecular Hbond substituents is 1. The van der Waals surface area contributed by atoms with Crippen LogP contribution in [0, 0.1) is 17.1 Å².